The molecule has 0 saturated heterocycles. The first-order chi connectivity index (χ1) is 10.7. The van der Waals surface area contributed by atoms with Crippen molar-refractivity contribution in [3.63, 3.8) is 0 Å². The minimum absolute atomic E-state index is 0.0699. The summed E-state index contributed by atoms with van der Waals surface area (Å²) in [6, 6.07) is 9.84. The van der Waals surface area contributed by atoms with E-state index < -0.39 is 0 Å². The van der Waals surface area contributed by atoms with Crippen molar-refractivity contribution >= 4 is 28.9 Å². The van der Waals surface area contributed by atoms with Crippen molar-refractivity contribution in [3.8, 4) is 0 Å². The summed E-state index contributed by atoms with van der Waals surface area (Å²) in [4.78, 5) is 22.3. The highest BCUT2D eigenvalue weighted by Crippen LogP contribution is 2.12. The molecule has 0 spiro atoms. The number of aromatic nitrogens is 2. The topological polar surface area (TPSA) is 50.5 Å². The molecule has 0 N–H and O–H groups in total. The lowest BCUT2D eigenvalue weighted by Gasteiger charge is -2.14. The molecule has 0 fully saturated rings. The van der Waals surface area contributed by atoms with Gasteiger partial charge in [-0.25, -0.2) is 9.98 Å². The summed E-state index contributed by atoms with van der Waals surface area (Å²) in [5.74, 6) is -0.0699. The number of hydrogen-bond acceptors (Lipinski definition) is 3. The third-order valence-electron chi connectivity index (χ3n) is 3.53. The Labute approximate surface area is 134 Å². The summed E-state index contributed by atoms with van der Waals surface area (Å²) in [6.45, 7) is 1.39. The van der Waals surface area contributed by atoms with E-state index in [9.17, 15) is 4.79 Å². The third-order valence-corrected chi connectivity index (χ3v) is 3.84. The Hall–Kier alpha value is -2.34. The Bertz CT molecular complexity index is 694. The minimum Gasteiger partial charge on any atom is -0.337 e. The predicted molar refractivity (Wildman–Crippen MR) is 88.7 cm³/mol. The molecule has 0 unspecified atom stereocenters. The van der Waals surface area contributed by atoms with E-state index in [1.807, 2.05) is 41.1 Å². The van der Waals surface area contributed by atoms with E-state index in [0.29, 0.717) is 23.8 Å². The number of imidazole rings is 1. The second-order valence-corrected chi connectivity index (χ2v) is 5.48. The van der Waals surface area contributed by atoms with Crippen LogP contribution < -0.4 is 0 Å². The molecule has 5 nitrogen and oxygen atoms in total. The number of nitrogens with zero attached hydrogens (tertiary/aromatic N) is 4. The van der Waals surface area contributed by atoms with Gasteiger partial charge in [-0.2, -0.15) is 0 Å². The molecule has 0 atom stereocenters. The number of carbonyl (C=O) groups excluding carboxylic acids is 1. The van der Waals surface area contributed by atoms with Gasteiger partial charge in [0.2, 0.25) is 5.11 Å². The Morgan fingerprint density at radius 1 is 1.14 bits per heavy atom. The zero-order chi connectivity index (χ0) is 15.4. The first kappa shape index (κ1) is 14.6. The van der Waals surface area contributed by atoms with Gasteiger partial charge in [-0.15, -0.1) is 0 Å². The van der Waals surface area contributed by atoms with Crippen molar-refractivity contribution in [1.29, 1.82) is 0 Å². The molecule has 1 aliphatic heterocycles. The van der Waals surface area contributed by atoms with Gasteiger partial charge in [0.15, 0.2) is 0 Å². The van der Waals surface area contributed by atoms with Gasteiger partial charge in [0.05, 0.1) is 6.33 Å². The maximum Gasteiger partial charge on any atom is 0.274 e. The number of carbonyl (C=O) groups is 1. The minimum atomic E-state index is -0.0699. The number of thiocarbonyl (C=S) groups is 1. The SMILES string of the molecule is O=C1C(Cc2ccccc2)=NC(=S)N1CCCn1ccnc1. The van der Waals surface area contributed by atoms with Gasteiger partial charge in [0.1, 0.15) is 5.71 Å². The predicted octanol–water partition coefficient (Wildman–Crippen LogP) is 2.08. The Balaban J connectivity index is 1.57. The quantitative estimate of drug-likeness (QED) is 0.767. The van der Waals surface area contributed by atoms with Crippen LogP contribution in [-0.4, -0.2) is 37.7 Å². The van der Waals surface area contributed by atoms with Gasteiger partial charge < -0.3 is 4.57 Å². The van der Waals surface area contributed by atoms with Crippen LogP contribution in [0, 0.1) is 0 Å². The smallest absolute Gasteiger partial charge is 0.274 e. The standard InChI is InChI=1S/C16H16N4OS/c21-15-14(11-13-5-2-1-3-6-13)18-16(22)20(15)9-4-8-19-10-7-17-12-19/h1-3,5-7,10,12H,4,8-9,11H2. The van der Waals surface area contributed by atoms with Gasteiger partial charge in [0.25, 0.3) is 5.91 Å². The Morgan fingerprint density at radius 2 is 1.95 bits per heavy atom. The first-order valence-corrected chi connectivity index (χ1v) is 7.58. The molecular weight excluding hydrogens is 296 g/mol. The van der Waals surface area contributed by atoms with Crippen LogP contribution in [0.3, 0.4) is 0 Å². The van der Waals surface area contributed by atoms with Crippen molar-refractivity contribution in [2.45, 2.75) is 19.4 Å². The molecule has 6 heteroatoms. The number of benzene rings is 1. The molecule has 1 aliphatic rings. The normalized spacial score (nSPS) is 14.5. The molecule has 1 aromatic carbocycles. The zero-order valence-electron chi connectivity index (χ0n) is 12.1. The summed E-state index contributed by atoms with van der Waals surface area (Å²) in [5.41, 5.74) is 1.59. The lowest BCUT2D eigenvalue weighted by Crippen LogP contribution is -2.34. The van der Waals surface area contributed by atoms with Gasteiger partial charge in [0, 0.05) is 31.9 Å². The number of hydrogen-bond donors (Lipinski definition) is 0. The van der Waals surface area contributed by atoms with Crippen LogP contribution in [0.2, 0.25) is 0 Å². The van der Waals surface area contributed by atoms with Crippen molar-refractivity contribution in [2.24, 2.45) is 4.99 Å². The number of aryl methyl sites for hydroxylation is 1. The average Bonchev–Trinajstić information content (AvgIpc) is 3.12. The molecule has 22 heavy (non-hydrogen) atoms. The molecule has 0 bridgehead atoms. The van der Waals surface area contributed by atoms with Crippen LogP contribution in [0.1, 0.15) is 12.0 Å². The van der Waals surface area contributed by atoms with Crippen LogP contribution in [-0.2, 0) is 17.8 Å². The van der Waals surface area contributed by atoms with E-state index in [2.05, 4.69) is 9.98 Å². The largest absolute Gasteiger partial charge is 0.337 e. The van der Waals surface area contributed by atoms with Crippen molar-refractivity contribution in [3.05, 3.63) is 54.6 Å². The Morgan fingerprint density at radius 3 is 2.68 bits per heavy atom. The summed E-state index contributed by atoms with van der Waals surface area (Å²) >= 11 is 5.22. The molecule has 2 heterocycles. The van der Waals surface area contributed by atoms with Crippen LogP contribution in [0.25, 0.3) is 0 Å². The second-order valence-electron chi connectivity index (χ2n) is 5.11. The number of aliphatic imine (C=N–C) groups is 1. The monoisotopic (exact) mass is 312 g/mol. The molecule has 3 rings (SSSR count). The van der Waals surface area contributed by atoms with Crippen LogP contribution >= 0.6 is 12.2 Å². The lowest BCUT2D eigenvalue weighted by atomic mass is 10.1. The molecule has 0 radical (unpaired) electrons. The van der Waals surface area contributed by atoms with Crippen LogP contribution in [0.4, 0.5) is 0 Å². The summed E-state index contributed by atoms with van der Waals surface area (Å²) < 4.78 is 1.98. The highest BCUT2D eigenvalue weighted by molar-refractivity contribution is 7.80. The third kappa shape index (κ3) is 3.28. The fourth-order valence-corrected chi connectivity index (χ4v) is 2.68. The van der Waals surface area contributed by atoms with E-state index in [-0.39, 0.29) is 5.91 Å². The van der Waals surface area contributed by atoms with Crippen molar-refractivity contribution in [2.75, 3.05) is 6.54 Å². The average molecular weight is 312 g/mol. The fraction of sp³-hybridized carbons (Fsp3) is 0.250. The van der Waals surface area contributed by atoms with Gasteiger partial charge in [-0.1, -0.05) is 30.3 Å². The van der Waals surface area contributed by atoms with Gasteiger partial charge in [-0.3, -0.25) is 9.69 Å². The molecule has 1 aromatic heterocycles. The van der Waals surface area contributed by atoms with Crippen LogP contribution in [0.15, 0.2) is 54.0 Å². The maximum atomic E-state index is 12.4. The highest BCUT2D eigenvalue weighted by Gasteiger charge is 2.29. The number of amides is 1. The number of rotatable bonds is 6. The van der Waals surface area contributed by atoms with Crippen LogP contribution in [0.5, 0.6) is 0 Å². The van der Waals surface area contributed by atoms with E-state index in [4.69, 9.17) is 12.2 Å². The fourth-order valence-electron chi connectivity index (χ4n) is 2.40. The zero-order valence-corrected chi connectivity index (χ0v) is 12.9. The molecule has 0 saturated carbocycles. The molecule has 1 amide bonds. The molecule has 0 aliphatic carbocycles. The summed E-state index contributed by atoms with van der Waals surface area (Å²) in [6.07, 6.45) is 6.75. The second kappa shape index (κ2) is 6.62. The van der Waals surface area contributed by atoms with E-state index in [1.165, 1.54) is 0 Å². The highest BCUT2D eigenvalue weighted by atomic mass is 32.1. The van der Waals surface area contributed by atoms with Gasteiger partial charge >= 0.3 is 0 Å². The Kier molecular flexibility index (Phi) is 4.39. The lowest BCUT2D eigenvalue weighted by molar-refractivity contribution is -0.120. The summed E-state index contributed by atoms with van der Waals surface area (Å²) in [5, 5.41) is 0.376. The van der Waals surface area contributed by atoms with E-state index in [0.717, 1.165) is 18.5 Å². The molecular formula is C16H16N4OS. The summed E-state index contributed by atoms with van der Waals surface area (Å²) in [7, 11) is 0. The van der Waals surface area contributed by atoms with E-state index in [1.54, 1.807) is 17.4 Å². The maximum absolute atomic E-state index is 12.4. The van der Waals surface area contributed by atoms with Crippen molar-refractivity contribution < 1.29 is 4.79 Å². The van der Waals surface area contributed by atoms with Gasteiger partial charge in [-0.05, 0) is 24.2 Å². The van der Waals surface area contributed by atoms with Crippen molar-refractivity contribution in [1.82, 2.24) is 14.5 Å². The first-order valence-electron chi connectivity index (χ1n) is 7.17. The molecule has 2 aromatic rings. The van der Waals surface area contributed by atoms with E-state index >= 15 is 0 Å². The molecule has 112 valence electrons.